The van der Waals surface area contributed by atoms with E-state index in [1.807, 2.05) is 48.5 Å². The van der Waals surface area contributed by atoms with Crippen molar-refractivity contribution in [2.75, 3.05) is 14.2 Å². The normalized spacial score (nSPS) is 11.9. The van der Waals surface area contributed by atoms with E-state index in [-0.39, 0.29) is 6.04 Å². The third-order valence-electron chi connectivity index (χ3n) is 3.01. The van der Waals surface area contributed by atoms with E-state index in [4.69, 9.17) is 15.3 Å². The molecule has 2 rings (SSSR count). The van der Waals surface area contributed by atoms with E-state index >= 15 is 0 Å². The van der Waals surface area contributed by atoms with Gasteiger partial charge in [-0.3, -0.25) is 5.84 Å². The lowest BCUT2D eigenvalue weighted by molar-refractivity contribution is 0.392. The Hall–Kier alpha value is -2.04. The molecule has 4 heteroatoms. The van der Waals surface area contributed by atoms with Crippen molar-refractivity contribution in [1.82, 2.24) is 5.43 Å². The second kappa shape index (κ2) is 6.22. The zero-order valence-electron chi connectivity index (χ0n) is 11.1. The summed E-state index contributed by atoms with van der Waals surface area (Å²) in [6.45, 7) is 0. The van der Waals surface area contributed by atoms with Crippen LogP contribution in [0.4, 0.5) is 0 Å². The highest BCUT2D eigenvalue weighted by Gasteiger charge is 2.14. The number of ether oxygens (including phenoxy) is 2. The largest absolute Gasteiger partial charge is 0.497 e. The van der Waals surface area contributed by atoms with Gasteiger partial charge in [-0.05, 0) is 23.3 Å². The molecule has 4 nitrogen and oxygen atoms in total. The van der Waals surface area contributed by atoms with Crippen LogP contribution in [0.2, 0.25) is 0 Å². The number of hydrogen-bond donors (Lipinski definition) is 2. The van der Waals surface area contributed by atoms with E-state index in [1.165, 1.54) is 0 Å². The van der Waals surface area contributed by atoms with E-state index in [2.05, 4.69) is 5.43 Å². The van der Waals surface area contributed by atoms with E-state index in [0.717, 1.165) is 22.6 Å². The maximum Gasteiger partial charge on any atom is 0.122 e. The van der Waals surface area contributed by atoms with Crippen molar-refractivity contribution >= 4 is 0 Å². The van der Waals surface area contributed by atoms with Crippen molar-refractivity contribution < 1.29 is 9.47 Å². The molecule has 0 aromatic heterocycles. The zero-order valence-corrected chi connectivity index (χ0v) is 11.1. The summed E-state index contributed by atoms with van der Waals surface area (Å²) in [5.41, 5.74) is 4.90. The SMILES string of the molecule is COc1cc(OC)cc(C(NN)c2ccccc2)c1. The zero-order chi connectivity index (χ0) is 13.7. The summed E-state index contributed by atoms with van der Waals surface area (Å²) < 4.78 is 10.6. The minimum Gasteiger partial charge on any atom is -0.497 e. The molecule has 3 N–H and O–H groups in total. The van der Waals surface area contributed by atoms with Crippen LogP contribution in [0.1, 0.15) is 17.2 Å². The fraction of sp³-hybridized carbons (Fsp3) is 0.200. The number of rotatable bonds is 5. The van der Waals surface area contributed by atoms with Crippen LogP contribution < -0.4 is 20.7 Å². The number of nitrogens with two attached hydrogens (primary N) is 1. The van der Waals surface area contributed by atoms with Gasteiger partial charge in [0.2, 0.25) is 0 Å². The number of hydrogen-bond acceptors (Lipinski definition) is 4. The van der Waals surface area contributed by atoms with Gasteiger partial charge < -0.3 is 9.47 Å². The Morgan fingerprint density at radius 2 is 1.47 bits per heavy atom. The third kappa shape index (κ3) is 3.05. The van der Waals surface area contributed by atoms with E-state index in [0.29, 0.717) is 0 Å². The van der Waals surface area contributed by atoms with Gasteiger partial charge in [-0.2, -0.15) is 0 Å². The Morgan fingerprint density at radius 1 is 0.895 bits per heavy atom. The smallest absolute Gasteiger partial charge is 0.122 e. The highest BCUT2D eigenvalue weighted by molar-refractivity contribution is 5.43. The van der Waals surface area contributed by atoms with E-state index in [9.17, 15) is 0 Å². The second-order valence-electron chi connectivity index (χ2n) is 4.16. The van der Waals surface area contributed by atoms with Crippen LogP contribution in [0.25, 0.3) is 0 Å². The summed E-state index contributed by atoms with van der Waals surface area (Å²) in [7, 11) is 3.26. The Morgan fingerprint density at radius 3 is 1.95 bits per heavy atom. The van der Waals surface area contributed by atoms with Gasteiger partial charge in [-0.1, -0.05) is 30.3 Å². The Kier molecular flexibility index (Phi) is 4.39. The van der Waals surface area contributed by atoms with E-state index in [1.54, 1.807) is 14.2 Å². The summed E-state index contributed by atoms with van der Waals surface area (Å²) in [5, 5.41) is 0. The van der Waals surface area contributed by atoms with Crippen LogP contribution in [0.15, 0.2) is 48.5 Å². The predicted molar refractivity (Wildman–Crippen MR) is 75.2 cm³/mol. The summed E-state index contributed by atoms with van der Waals surface area (Å²) in [6.07, 6.45) is 0. The third-order valence-corrected chi connectivity index (χ3v) is 3.01. The molecular weight excluding hydrogens is 240 g/mol. The van der Waals surface area contributed by atoms with Crippen LogP contribution in [0, 0.1) is 0 Å². The first-order valence-corrected chi connectivity index (χ1v) is 6.02. The summed E-state index contributed by atoms with van der Waals surface area (Å²) in [6, 6.07) is 15.6. The molecule has 0 aliphatic rings. The lowest BCUT2D eigenvalue weighted by atomic mass is 9.99. The van der Waals surface area contributed by atoms with Crippen LogP contribution in [-0.2, 0) is 0 Å². The molecular formula is C15H18N2O2. The molecule has 19 heavy (non-hydrogen) atoms. The van der Waals surface area contributed by atoms with Gasteiger partial charge in [-0.15, -0.1) is 0 Å². The first-order valence-electron chi connectivity index (χ1n) is 6.02. The molecule has 0 aliphatic carbocycles. The number of hydrazine groups is 1. The number of benzene rings is 2. The predicted octanol–water partition coefficient (Wildman–Crippen LogP) is 2.26. The highest BCUT2D eigenvalue weighted by atomic mass is 16.5. The molecule has 0 heterocycles. The Balaban J connectivity index is 2.43. The monoisotopic (exact) mass is 258 g/mol. The maximum atomic E-state index is 5.69. The molecule has 2 aromatic rings. The first-order chi connectivity index (χ1) is 9.28. The molecule has 2 aromatic carbocycles. The molecule has 0 spiro atoms. The maximum absolute atomic E-state index is 5.69. The standard InChI is InChI=1S/C15H18N2O2/c1-18-13-8-12(9-14(10-13)19-2)15(17-16)11-6-4-3-5-7-11/h3-10,15,17H,16H2,1-2H3. The first kappa shape index (κ1) is 13.4. The van der Waals surface area contributed by atoms with Gasteiger partial charge in [0.15, 0.2) is 0 Å². The highest BCUT2D eigenvalue weighted by Crippen LogP contribution is 2.29. The minimum atomic E-state index is -0.106. The topological polar surface area (TPSA) is 56.5 Å². The molecule has 1 atom stereocenters. The van der Waals surface area contributed by atoms with Gasteiger partial charge in [0.25, 0.3) is 0 Å². The van der Waals surface area contributed by atoms with Crippen molar-refractivity contribution in [3.63, 3.8) is 0 Å². The minimum absolute atomic E-state index is 0.106. The van der Waals surface area contributed by atoms with Crippen LogP contribution in [0.5, 0.6) is 11.5 Å². The Labute approximate surface area is 113 Å². The Bertz CT molecular complexity index is 507. The average Bonchev–Trinajstić information content (AvgIpc) is 2.48. The van der Waals surface area contributed by atoms with Gasteiger partial charge >= 0.3 is 0 Å². The molecule has 0 saturated heterocycles. The van der Waals surface area contributed by atoms with Gasteiger partial charge in [0.1, 0.15) is 11.5 Å². The van der Waals surface area contributed by atoms with E-state index < -0.39 is 0 Å². The summed E-state index contributed by atoms with van der Waals surface area (Å²) >= 11 is 0. The van der Waals surface area contributed by atoms with Crippen LogP contribution in [0.3, 0.4) is 0 Å². The molecule has 0 aliphatic heterocycles. The van der Waals surface area contributed by atoms with Gasteiger partial charge in [-0.25, -0.2) is 5.43 Å². The van der Waals surface area contributed by atoms with Crippen LogP contribution in [-0.4, -0.2) is 14.2 Å². The van der Waals surface area contributed by atoms with Crippen LogP contribution >= 0.6 is 0 Å². The molecule has 0 bridgehead atoms. The second-order valence-corrected chi connectivity index (χ2v) is 4.16. The number of nitrogens with one attached hydrogen (secondary N) is 1. The average molecular weight is 258 g/mol. The van der Waals surface area contributed by atoms with Crippen molar-refractivity contribution in [2.45, 2.75) is 6.04 Å². The van der Waals surface area contributed by atoms with Crippen molar-refractivity contribution in [3.05, 3.63) is 59.7 Å². The summed E-state index contributed by atoms with van der Waals surface area (Å²) in [5.74, 6) is 7.17. The fourth-order valence-electron chi connectivity index (χ4n) is 2.03. The fourth-order valence-corrected chi connectivity index (χ4v) is 2.03. The summed E-state index contributed by atoms with van der Waals surface area (Å²) in [4.78, 5) is 0. The molecule has 1 unspecified atom stereocenters. The van der Waals surface area contributed by atoms with Crippen molar-refractivity contribution in [2.24, 2.45) is 5.84 Å². The molecule has 0 amide bonds. The molecule has 0 radical (unpaired) electrons. The van der Waals surface area contributed by atoms with Crippen molar-refractivity contribution in [1.29, 1.82) is 0 Å². The van der Waals surface area contributed by atoms with Gasteiger partial charge in [0.05, 0.1) is 20.3 Å². The van der Waals surface area contributed by atoms with Crippen molar-refractivity contribution in [3.8, 4) is 11.5 Å². The lowest BCUT2D eigenvalue weighted by Gasteiger charge is -2.18. The number of methoxy groups -OCH3 is 2. The van der Waals surface area contributed by atoms with Gasteiger partial charge in [0, 0.05) is 6.07 Å². The lowest BCUT2D eigenvalue weighted by Crippen LogP contribution is -2.28. The quantitative estimate of drug-likeness (QED) is 0.638. The molecule has 0 saturated carbocycles. The molecule has 0 fully saturated rings. The molecule has 100 valence electrons.